The normalized spacial score (nSPS) is 31.3. The molecule has 4 rings (SSSR count). The lowest BCUT2D eigenvalue weighted by Gasteiger charge is -2.33. The van der Waals surface area contributed by atoms with Gasteiger partial charge in [0.25, 0.3) is 0 Å². The zero-order chi connectivity index (χ0) is 14.8. The lowest BCUT2D eigenvalue weighted by Crippen LogP contribution is -2.17. The van der Waals surface area contributed by atoms with E-state index >= 15 is 0 Å². The van der Waals surface area contributed by atoms with Crippen LogP contribution in [0.2, 0.25) is 0 Å². The lowest BCUT2D eigenvalue weighted by atomic mass is 9.72. The van der Waals surface area contributed by atoms with Crippen LogP contribution in [0.5, 0.6) is 0 Å². The van der Waals surface area contributed by atoms with Crippen molar-refractivity contribution in [3.63, 3.8) is 0 Å². The molecule has 0 fully saturated rings. The van der Waals surface area contributed by atoms with E-state index in [1.165, 1.54) is 77.0 Å². The molecule has 0 aliphatic heterocycles. The summed E-state index contributed by atoms with van der Waals surface area (Å²) in [6, 6.07) is 0. The van der Waals surface area contributed by atoms with Gasteiger partial charge in [-0.2, -0.15) is 0 Å². The molecule has 0 amide bonds. The molecule has 0 heterocycles. The van der Waals surface area contributed by atoms with E-state index < -0.39 is 0 Å². The van der Waals surface area contributed by atoms with Crippen LogP contribution in [0.1, 0.15) is 77.0 Å². The average molecular weight is 294 g/mol. The summed E-state index contributed by atoms with van der Waals surface area (Å²) in [5.74, 6) is 1.75. The van der Waals surface area contributed by atoms with Gasteiger partial charge in [-0.3, -0.25) is 0 Å². The van der Waals surface area contributed by atoms with Gasteiger partial charge in [0.15, 0.2) is 0 Å². The van der Waals surface area contributed by atoms with E-state index in [-0.39, 0.29) is 0 Å². The van der Waals surface area contributed by atoms with Crippen LogP contribution in [0, 0.1) is 11.8 Å². The van der Waals surface area contributed by atoms with Crippen molar-refractivity contribution in [3.05, 3.63) is 46.6 Å². The Hall–Kier alpha value is -1.04. The van der Waals surface area contributed by atoms with Gasteiger partial charge in [0.2, 0.25) is 0 Å². The highest BCUT2D eigenvalue weighted by molar-refractivity contribution is 5.35. The largest absolute Gasteiger partial charge is 0.0839 e. The molecule has 0 nitrogen and oxygen atoms in total. The molecule has 4 aliphatic rings. The lowest BCUT2D eigenvalue weighted by molar-refractivity contribution is 0.388. The number of hydrogen-bond acceptors (Lipinski definition) is 0. The van der Waals surface area contributed by atoms with Gasteiger partial charge in [-0.15, -0.1) is 0 Å². The molecule has 0 aromatic carbocycles. The average Bonchev–Trinajstić information content (AvgIpc) is 2.60. The van der Waals surface area contributed by atoms with Crippen LogP contribution in [0.15, 0.2) is 46.6 Å². The van der Waals surface area contributed by atoms with Gasteiger partial charge in [-0.1, -0.05) is 35.5 Å². The molecule has 0 heteroatoms. The van der Waals surface area contributed by atoms with Crippen molar-refractivity contribution in [2.75, 3.05) is 0 Å². The van der Waals surface area contributed by atoms with Crippen molar-refractivity contribution >= 4 is 0 Å². The van der Waals surface area contributed by atoms with E-state index in [1.807, 2.05) is 0 Å². The van der Waals surface area contributed by atoms with Crippen LogP contribution in [0.3, 0.4) is 0 Å². The summed E-state index contributed by atoms with van der Waals surface area (Å²) in [7, 11) is 0. The van der Waals surface area contributed by atoms with E-state index in [0.717, 1.165) is 11.8 Å². The van der Waals surface area contributed by atoms with Crippen LogP contribution in [-0.4, -0.2) is 0 Å². The minimum absolute atomic E-state index is 0.874. The first-order valence-electron chi connectivity index (χ1n) is 9.69. The molecule has 0 bridgehead atoms. The molecule has 0 N–H and O–H groups in total. The van der Waals surface area contributed by atoms with Crippen molar-refractivity contribution in [2.24, 2.45) is 11.8 Å². The van der Waals surface area contributed by atoms with Gasteiger partial charge >= 0.3 is 0 Å². The molecule has 0 aromatic rings. The molecule has 0 spiro atoms. The molecular formula is C22H30. The summed E-state index contributed by atoms with van der Waals surface area (Å²) in [5, 5.41) is 0. The van der Waals surface area contributed by atoms with Crippen LogP contribution in [-0.2, 0) is 0 Å². The fraction of sp³-hybridized carbons (Fsp3) is 0.636. The molecule has 0 aromatic heterocycles. The Morgan fingerprint density at radius 3 is 1.68 bits per heavy atom. The molecule has 2 unspecified atom stereocenters. The maximum atomic E-state index is 2.48. The molecule has 2 atom stereocenters. The first kappa shape index (κ1) is 14.5. The summed E-state index contributed by atoms with van der Waals surface area (Å²) in [6.45, 7) is 0. The van der Waals surface area contributed by atoms with Crippen LogP contribution < -0.4 is 0 Å². The maximum absolute atomic E-state index is 2.48. The molecular weight excluding hydrogens is 264 g/mol. The van der Waals surface area contributed by atoms with Crippen molar-refractivity contribution in [1.29, 1.82) is 0 Å². The molecule has 118 valence electrons. The fourth-order valence-electron chi connectivity index (χ4n) is 5.29. The Bertz CT molecular complexity index is 490. The van der Waals surface area contributed by atoms with Gasteiger partial charge in [-0.05, 0) is 100 Å². The molecule has 22 heavy (non-hydrogen) atoms. The summed E-state index contributed by atoms with van der Waals surface area (Å²) in [4.78, 5) is 0. The number of rotatable bonds is 3. The highest BCUT2D eigenvalue weighted by Gasteiger charge is 2.26. The summed E-state index contributed by atoms with van der Waals surface area (Å²) >= 11 is 0. The van der Waals surface area contributed by atoms with Crippen LogP contribution in [0.4, 0.5) is 0 Å². The Morgan fingerprint density at radius 2 is 1.18 bits per heavy atom. The predicted molar refractivity (Wildman–Crippen MR) is 94.7 cm³/mol. The first-order chi connectivity index (χ1) is 10.9. The molecule has 0 saturated heterocycles. The monoisotopic (exact) mass is 294 g/mol. The predicted octanol–water partition coefficient (Wildman–Crippen LogP) is 6.66. The maximum Gasteiger partial charge on any atom is -0.0162 e. The van der Waals surface area contributed by atoms with Gasteiger partial charge in [0.05, 0.1) is 0 Å². The SMILES string of the molecule is C1=CC2=C(CC1)CCCC2CCC1CCCC2=C1C=CCC2. The van der Waals surface area contributed by atoms with Gasteiger partial charge in [0.1, 0.15) is 0 Å². The number of allylic oxidation sites excluding steroid dienone is 8. The van der Waals surface area contributed by atoms with Crippen molar-refractivity contribution in [2.45, 2.75) is 77.0 Å². The van der Waals surface area contributed by atoms with Gasteiger partial charge < -0.3 is 0 Å². The zero-order valence-corrected chi connectivity index (χ0v) is 13.9. The Kier molecular flexibility index (Phi) is 4.37. The second kappa shape index (κ2) is 6.60. The number of hydrogen-bond donors (Lipinski definition) is 0. The molecule has 4 aliphatic carbocycles. The van der Waals surface area contributed by atoms with E-state index in [0.29, 0.717) is 0 Å². The standard InChI is InChI=1S/C22H30/c1-3-13-21-17(7-1)9-5-11-19(21)15-16-20-12-6-10-18-8-2-4-14-22(18)20/h3-4,13-14,19-20H,1-2,5-12,15-16H2. The third-order valence-corrected chi connectivity index (χ3v) is 6.44. The summed E-state index contributed by atoms with van der Waals surface area (Å²) in [6.07, 6.45) is 26.5. The van der Waals surface area contributed by atoms with E-state index in [4.69, 9.17) is 0 Å². The second-order valence-electron chi connectivity index (χ2n) is 7.76. The van der Waals surface area contributed by atoms with E-state index in [1.54, 1.807) is 22.3 Å². The summed E-state index contributed by atoms with van der Waals surface area (Å²) in [5.41, 5.74) is 7.11. The fourth-order valence-corrected chi connectivity index (χ4v) is 5.29. The minimum atomic E-state index is 0.874. The van der Waals surface area contributed by atoms with E-state index in [2.05, 4.69) is 24.3 Å². The molecule has 0 radical (unpaired) electrons. The third kappa shape index (κ3) is 2.90. The highest BCUT2D eigenvalue weighted by atomic mass is 14.3. The van der Waals surface area contributed by atoms with Crippen molar-refractivity contribution < 1.29 is 0 Å². The second-order valence-corrected chi connectivity index (χ2v) is 7.76. The zero-order valence-electron chi connectivity index (χ0n) is 13.9. The Morgan fingerprint density at radius 1 is 0.682 bits per heavy atom. The molecule has 0 saturated carbocycles. The summed E-state index contributed by atoms with van der Waals surface area (Å²) < 4.78 is 0. The van der Waals surface area contributed by atoms with E-state index in [9.17, 15) is 0 Å². The highest BCUT2D eigenvalue weighted by Crippen LogP contribution is 2.42. The quantitative estimate of drug-likeness (QED) is 0.546. The first-order valence-corrected chi connectivity index (χ1v) is 9.69. The van der Waals surface area contributed by atoms with Crippen molar-refractivity contribution in [3.8, 4) is 0 Å². The Balaban J connectivity index is 1.44. The van der Waals surface area contributed by atoms with Crippen LogP contribution in [0.25, 0.3) is 0 Å². The van der Waals surface area contributed by atoms with Gasteiger partial charge in [-0.25, -0.2) is 0 Å². The van der Waals surface area contributed by atoms with Crippen molar-refractivity contribution in [1.82, 2.24) is 0 Å². The topological polar surface area (TPSA) is 0 Å². The van der Waals surface area contributed by atoms with Gasteiger partial charge in [0, 0.05) is 0 Å². The van der Waals surface area contributed by atoms with Crippen LogP contribution >= 0.6 is 0 Å². The Labute approximate surface area is 136 Å². The third-order valence-electron chi connectivity index (χ3n) is 6.44. The smallest absolute Gasteiger partial charge is 0.0162 e. The minimum Gasteiger partial charge on any atom is -0.0839 e.